The van der Waals surface area contributed by atoms with Crippen LogP contribution in [-0.4, -0.2) is 96.7 Å². The summed E-state index contributed by atoms with van der Waals surface area (Å²) >= 11 is 1.33. The number of halogens is 18. The number of ether oxygens (including phenoxy) is 4. The molecule has 13 nitrogen and oxygen atoms in total. The van der Waals surface area contributed by atoms with Crippen LogP contribution in [0.3, 0.4) is 0 Å². The zero-order chi connectivity index (χ0) is 85.9. The van der Waals surface area contributed by atoms with Crippen LogP contribution in [0.2, 0.25) is 17.7 Å². The molecule has 8 heterocycles. The number of hydrogen-bond donors (Lipinski definition) is 1. The van der Waals surface area contributed by atoms with Gasteiger partial charge in [-0.3, -0.25) is 24.6 Å². The van der Waals surface area contributed by atoms with E-state index in [2.05, 4.69) is 91.4 Å². The second-order valence-corrected chi connectivity index (χ2v) is 44.8. The molecule has 2 saturated carbocycles. The van der Waals surface area contributed by atoms with E-state index in [9.17, 15) is 66.6 Å². The number of nitrogens with zero attached hydrogens (tertiary/aromatic N) is 8. The molecular formula is C90H108BrF17N8O5Sn. The second-order valence-electron chi connectivity index (χ2n) is 29.9. The average Bonchev–Trinajstić information content (AvgIpc) is 1.55. The summed E-state index contributed by atoms with van der Waals surface area (Å²) in [5, 5.41) is 21.2. The molecule has 3 aliphatic heterocycles. The fourth-order valence-corrected chi connectivity index (χ4v) is 29.1. The minimum atomic E-state index is -4.03. The maximum Gasteiger partial charge on any atom is 0.324 e. The summed E-state index contributed by atoms with van der Waals surface area (Å²) in [7, 11) is 0. The maximum atomic E-state index is 15.5. The summed E-state index contributed by atoms with van der Waals surface area (Å²) in [5.74, 6) is -21.4. The Bertz CT molecular complexity index is 4700. The molecule has 1 N–H and O–H groups in total. The number of hydrogen-bond acceptors (Lipinski definition) is 12. The first-order valence-corrected chi connectivity index (χ1v) is 48.0. The predicted octanol–water partition coefficient (Wildman–Crippen LogP) is 24.7. The van der Waals surface area contributed by atoms with Gasteiger partial charge in [-0.2, -0.15) is 35.1 Å². The minimum Gasteiger partial charge on any atom is -0.382 e. The van der Waals surface area contributed by atoms with Crippen LogP contribution in [-0.2, 0) is 90.8 Å². The Morgan fingerprint density at radius 2 is 0.861 bits per heavy atom. The molecule has 4 unspecified atom stereocenters. The van der Waals surface area contributed by atoms with Crippen LogP contribution < -0.4 is 0 Å². The molecule has 0 bridgehead atoms. The molecule has 32 heteroatoms. The fourth-order valence-electron chi connectivity index (χ4n) is 13.8. The topological polar surface area (TPSA) is 162 Å². The van der Waals surface area contributed by atoms with Crippen LogP contribution in [0.25, 0.3) is 0 Å². The third kappa shape index (κ3) is 25.4. The van der Waals surface area contributed by atoms with Crippen molar-refractivity contribution >= 4 is 34.3 Å². The van der Waals surface area contributed by atoms with Crippen molar-refractivity contribution in [2.45, 2.75) is 211 Å². The molecule has 14 rings (SSSR count). The molecule has 0 spiro atoms. The van der Waals surface area contributed by atoms with E-state index in [-0.39, 0.29) is 63.5 Å². The predicted molar refractivity (Wildman–Crippen MR) is 442 cm³/mol. The molecule has 0 radical (unpaired) electrons. The molecule has 0 amide bonds. The van der Waals surface area contributed by atoms with Crippen LogP contribution >= 0.6 is 15.9 Å². The molecular weight excluding hydrogens is 1790 g/mol. The summed E-state index contributed by atoms with van der Waals surface area (Å²) in [6.07, 6.45) is 25.4. The minimum absolute atomic E-state index is 0. The Balaban J connectivity index is 0.000000268. The first-order chi connectivity index (χ1) is 56.1. The van der Waals surface area contributed by atoms with E-state index in [1.807, 2.05) is 13.8 Å². The third-order valence-electron chi connectivity index (χ3n) is 21.1. The van der Waals surface area contributed by atoms with Crippen molar-refractivity contribution < 1.29 is 99.0 Å². The molecule has 4 aromatic carbocycles. The van der Waals surface area contributed by atoms with Gasteiger partial charge in [0.15, 0.2) is 22.4 Å². The largest absolute Gasteiger partial charge is 0.382 e. The van der Waals surface area contributed by atoms with Gasteiger partial charge in [0.25, 0.3) is 0 Å². The first-order valence-electron chi connectivity index (χ1n) is 39.1. The van der Waals surface area contributed by atoms with Gasteiger partial charge in [-0.05, 0) is 193 Å². The standard InChI is InChI=1S/C19H17F4N5O.C18H15F4NO.C17H13F4NO.C14H8BrF4NO.C4H10O.3C4H9.C3H5.3CH4.FH.Sn/c20-14-4-5-15(16(21)8-14)18(29,10-28-11-25-26-27-28)19(22,23)17-6-3-13(9-24-17)7-12-1-2-12;19-13-4-5-14(15(20)8-13)17(10-24-17)18(21,22)16-6-3-12(9-23-16)7-11-1-2-11;1-2-3-11-4-7-15(22-9-11)17(20,21)16(10-23-16)13-6-5-12(18)8-14(13)19;15-8-1-4-12(20-6-8)14(18,19)13(7-21-13)10-3-2-9(16)5-11(10)17;1-3-5-4-2;3*1-3-4-2;1-3-2;;;;;/h3-6,8-9,11-12,29H,1-2,7,10H2;3-6,8-9,11H,1-2,7,10H2;2,4-9H,1,3,10H2;1-6H,7H2;3-4H2,1-2H3;3*1,3-4H2,2H3;3H,1-2H2;3*1H4;1H;. The number of alkyl halides is 8. The zero-order valence-corrected chi connectivity index (χ0v) is 70.9. The Labute approximate surface area is 715 Å². The number of unbranched alkanes of at least 4 members (excludes halogenated alkanes) is 3. The number of aromatic nitrogens is 8. The van der Waals surface area contributed by atoms with E-state index in [4.69, 9.17) is 18.9 Å². The summed E-state index contributed by atoms with van der Waals surface area (Å²) in [6, 6.07) is 20.3. The molecule has 5 aromatic heterocycles. The van der Waals surface area contributed by atoms with Crippen molar-refractivity contribution in [2.75, 3.05) is 33.0 Å². The van der Waals surface area contributed by atoms with Gasteiger partial charge in [-0.15, -0.1) is 11.7 Å². The molecule has 122 heavy (non-hydrogen) atoms. The van der Waals surface area contributed by atoms with Crippen molar-refractivity contribution in [3.8, 4) is 0 Å². The smallest absolute Gasteiger partial charge is 0.324 e. The number of benzene rings is 4. The number of aliphatic hydroxyl groups is 1. The average molecular weight is 1900 g/mol. The van der Waals surface area contributed by atoms with Gasteiger partial charge in [0.2, 0.25) is 0 Å². The van der Waals surface area contributed by atoms with Crippen molar-refractivity contribution in [2.24, 2.45) is 11.8 Å². The number of allylic oxidation sites excluding steroid dienone is 2. The quantitative estimate of drug-likeness (QED) is 0.0180. The number of tetrazole rings is 1. The molecule has 9 aromatic rings. The number of rotatable bonds is 33. The maximum absolute atomic E-state index is 15.5. The summed E-state index contributed by atoms with van der Waals surface area (Å²) in [5.41, 5.74) is -11.2. The van der Waals surface area contributed by atoms with Gasteiger partial charge in [0, 0.05) is 89.0 Å². The first kappa shape index (κ1) is 104. The van der Waals surface area contributed by atoms with E-state index in [1.165, 1.54) is 111 Å². The van der Waals surface area contributed by atoms with Crippen LogP contribution in [0.5, 0.6) is 0 Å². The van der Waals surface area contributed by atoms with Gasteiger partial charge >= 0.3 is 132 Å². The van der Waals surface area contributed by atoms with Crippen LogP contribution in [0.4, 0.5) is 75.0 Å². The van der Waals surface area contributed by atoms with Crippen LogP contribution in [0.15, 0.2) is 182 Å². The Morgan fingerprint density at radius 3 is 1.15 bits per heavy atom. The van der Waals surface area contributed by atoms with Gasteiger partial charge in [-0.25, -0.2) is 39.8 Å². The molecule has 5 fully saturated rings. The molecule has 4 atom stereocenters. The van der Waals surface area contributed by atoms with E-state index < -0.39 is 146 Å². The van der Waals surface area contributed by atoms with E-state index in [1.54, 1.807) is 25.5 Å². The van der Waals surface area contributed by atoms with E-state index >= 15 is 8.78 Å². The van der Waals surface area contributed by atoms with Crippen LogP contribution in [0.1, 0.15) is 183 Å². The van der Waals surface area contributed by atoms with Crippen molar-refractivity contribution in [1.29, 1.82) is 0 Å². The molecule has 5 aliphatic rings. The summed E-state index contributed by atoms with van der Waals surface area (Å²) in [6.45, 7) is 18.3. The third-order valence-corrected chi connectivity index (χ3v) is 36.9. The summed E-state index contributed by atoms with van der Waals surface area (Å²) < 4.78 is 256. The Morgan fingerprint density at radius 1 is 0.500 bits per heavy atom. The second kappa shape index (κ2) is 45.7. The normalized spacial score (nSPS) is 17.9. The van der Waals surface area contributed by atoms with Crippen molar-refractivity contribution in [3.63, 3.8) is 0 Å². The van der Waals surface area contributed by atoms with Gasteiger partial charge in [0.05, 0.1) is 26.4 Å². The number of pyridine rings is 4. The molecule has 668 valence electrons. The zero-order valence-electron chi connectivity index (χ0n) is 66.4. The van der Waals surface area contributed by atoms with Gasteiger partial charge < -0.3 is 24.1 Å². The summed E-state index contributed by atoms with van der Waals surface area (Å²) in [4.78, 5) is 15.1. The van der Waals surface area contributed by atoms with E-state index in [0.717, 1.165) is 127 Å². The molecule has 2 aliphatic carbocycles. The van der Waals surface area contributed by atoms with Gasteiger partial charge in [-0.1, -0.05) is 46.6 Å². The SMILES string of the molecule is C.C.C.C=CCc1ccc(C(F)(F)C2(c3ccc(F)cc3F)CO2)nc1.C=C[CH2][Sn]([CH2]CCC)([CH2]CCC)[CH2]CCC.CCOCC.F.Fc1ccc(C2(C(F)(F)c3ccc(Br)cn3)CO2)c(F)c1.Fc1ccc(C2(C(F)(F)c3ccc(CC4CC4)cn3)CO2)c(F)c1.OC(Cn1cnnn1)(c1ccc(F)cc1F)C(F)(F)c1ccc(CC2CC2)cn1. The monoisotopic (exact) mass is 1900 g/mol. The van der Waals surface area contributed by atoms with E-state index in [0.29, 0.717) is 47.0 Å². The Hall–Kier alpha value is -8.08. The van der Waals surface area contributed by atoms with Crippen molar-refractivity contribution in [3.05, 3.63) is 290 Å². The van der Waals surface area contributed by atoms with Gasteiger partial charge in [0.1, 0.15) is 75.6 Å². The van der Waals surface area contributed by atoms with Crippen LogP contribution in [0, 0.1) is 58.4 Å². The van der Waals surface area contributed by atoms with Crippen molar-refractivity contribution in [1.82, 2.24) is 40.1 Å². The fraction of sp³-hybridized carbons (Fsp3) is 0.456. The number of epoxide rings is 3. The molecule has 3 saturated heterocycles. The Kier molecular flexibility index (Phi) is 39.1.